The minimum atomic E-state index is 0. The van der Waals surface area contributed by atoms with E-state index in [1.807, 2.05) is 24.4 Å². The van der Waals surface area contributed by atoms with Crippen molar-refractivity contribution in [2.24, 2.45) is 0 Å². The first-order valence-electron chi connectivity index (χ1n) is 12.5. The average Bonchev–Trinajstić information content (AvgIpc) is 3.32. The van der Waals surface area contributed by atoms with Crippen molar-refractivity contribution in [1.82, 2.24) is 19.9 Å². The Morgan fingerprint density at radius 1 is 0.605 bits per heavy atom. The lowest BCUT2D eigenvalue weighted by Crippen LogP contribution is -2.11. The summed E-state index contributed by atoms with van der Waals surface area (Å²) in [4.78, 5) is 10.1. The predicted octanol–water partition coefficient (Wildman–Crippen LogP) is 8.11. The zero-order valence-electron chi connectivity index (χ0n) is 20.6. The smallest absolute Gasteiger partial charge is 0.138 e. The van der Waals surface area contributed by atoms with Crippen LogP contribution < -0.4 is 5.32 Å². The molecule has 0 spiro atoms. The number of para-hydroxylation sites is 1. The topological polar surface area (TPSA) is 42.7 Å². The summed E-state index contributed by atoms with van der Waals surface area (Å²) in [6, 6.07) is 39.8. The standard InChI is InChI=1S/C33H24N4.HI/c1-2-9-23(10-3-1)24-11-6-12-25(21-24)28-14-7-15-29(35-28)30-16-8-18-33(36-30)37-31-17-5-4-13-26(31)27-22-34-20-19-32(27)37;/h1-21,34H,22H2;1H. The van der Waals surface area contributed by atoms with Crippen molar-refractivity contribution in [2.45, 2.75) is 6.54 Å². The number of nitrogens with zero attached hydrogens (tertiary/aromatic N) is 3. The van der Waals surface area contributed by atoms with Gasteiger partial charge in [0, 0.05) is 23.1 Å². The first kappa shape index (κ1) is 24.1. The number of benzene rings is 3. The maximum absolute atomic E-state index is 5.09. The summed E-state index contributed by atoms with van der Waals surface area (Å²) < 4.78 is 2.25. The van der Waals surface area contributed by atoms with Crippen LogP contribution in [0.25, 0.3) is 56.6 Å². The van der Waals surface area contributed by atoms with Gasteiger partial charge in [0.15, 0.2) is 0 Å². The van der Waals surface area contributed by atoms with Crippen LogP contribution in [0.4, 0.5) is 0 Å². The molecule has 6 aromatic rings. The zero-order chi connectivity index (χ0) is 24.6. The molecule has 4 heterocycles. The largest absolute Gasteiger partial charge is 0.387 e. The lowest BCUT2D eigenvalue weighted by Gasteiger charge is -2.13. The molecule has 5 heteroatoms. The second-order valence-corrected chi connectivity index (χ2v) is 9.17. The fraction of sp³-hybridized carbons (Fsp3) is 0.0303. The van der Waals surface area contributed by atoms with E-state index in [0.29, 0.717) is 0 Å². The van der Waals surface area contributed by atoms with Gasteiger partial charge >= 0.3 is 0 Å². The molecule has 0 amide bonds. The summed E-state index contributed by atoms with van der Waals surface area (Å²) in [6.45, 7) is 0.810. The van der Waals surface area contributed by atoms with Gasteiger partial charge in [0.2, 0.25) is 0 Å². The molecule has 0 aliphatic carbocycles. The van der Waals surface area contributed by atoms with Crippen LogP contribution in [0, 0.1) is 0 Å². The van der Waals surface area contributed by atoms with Gasteiger partial charge in [-0.05, 0) is 59.8 Å². The van der Waals surface area contributed by atoms with Crippen LogP contribution in [0.2, 0.25) is 0 Å². The number of aromatic nitrogens is 3. The van der Waals surface area contributed by atoms with Crippen LogP contribution in [-0.4, -0.2) is 14.5 Å². The summed E-state index contributed by atoms with van der Waals surface area (Å²) in [7, 11) is 0. The second kappa shape index (κ2) is 10.3. The summed E-state index contributed by atoms with van der Waals surface area (Å²) >= 11 is 0. The molecule has 0 saturated carbocycles. The summed E-state index contributed by atoms with van der Waals surface area (Å²) in [6.07, 6.45) is 4.14. The number of rotatable bonds is 4. The second-order valence-electron chi connectivity index (χ2n) is 9.17. The van der Waals surface area contributed by atoms with E-state index in [-0.39, 0.29) is 24.0 Å². The Kier molecular flexibility index (Phi) is 6.52. The molecular formula is C33H25IN4. The Bertz CT molecular complexity index is 1790. The Morgan fingerprint density at radius 2 is 1.29 bits per heavy atom. The van der Waals surface area contributed by atoms with Crippen molar-refractivity contribution in [3.05, 3.63) is 133 Å². The van der Waals surface area contributed by atoms with Gasteiger partial charge in [0.25, 0.3) is 0 Å². The van der Waals surface area contributed by atoms with Crippen LogP contribution in [0.3, 0.4) is 0 Å². The third kappa shape index (κ3) is 4.29. The van der Waals surface area contributed by atoms with Gasteiger partial charge < -0.3 is 5.32 Å². The highest BCUT2D eigenvalue weighted by Crippen LogP contribution is 2.32. The Morgan fingerprint density at radius 3 is 2.18 bits per heavy atom. The number of hydrogen-bond acceptors (Lipinski definition) is 3. The van der Waals surface area contributed by atoms with Crippen molar-refractivity contribution in [1.29, 1.82) is 0 Å². The van der Waals surface area contributed by atoms with E-state index in [1.165, 1.54) is 27.8 Å². The third-order valence-electron chi connectivity index (χ3n) is 6.90. The van der Waals surface area contributed by atoms with E-state index in [9.17, 15) is 0 Å². The van der Waals surface area contributed by atoms with Gasteiger partial charge in [-0.2, -0.15) is 0 Å². The van der Waals surface area contributed by atoms with E-state index in [1.54, 1.807) is 0 Å². The van der Waals surface area contributed by atoms with E-state index >= 15 is 0 Å². The monoisotopic (exact) mass is 604 g/mol. The molecule has 38 heavy (non-hydrogen) atoms. The van der Waals surface area contributed by atoms with Crippen LogP contribution in [-0.2, 0) is 6.54 Å². The molecule has 0 radical (unpaired) electrons. The maximum atomic E-state index is 5.09. The molecule has 0 atom stereocenters. The summed E-state index contributed by atoms with van der Waals surface area (Å²) in [5.74, 6) is 0.889. The Balaban J connectivity index is 0.00000264. The van der Waals surface area contributed by atoms with Crippen LogP contribution >= 0.6 is 24.0 Å². The van der Waals surface area contributed by atoms with Gasteiger partial charge in [-0.15, -0.1) is 24.0 Å². The van der Waals surface area contributed by atoms with E-state index in [4.69, 9.17) is 9.97 Å². The number of fused-ring (bicyclic) bond motifs is 3. The normalized spacial score (nSPS) is 12.0. The fourth-order valence-electron chi connectivity index (χ4n) is 5.15. The van der Waals surface area contributed by atoms with Gasteiger partial charge in [0.05, 0.1) is 28.3 Å². The quantitative estimate of drug-likeness (QED) is 0.207. The van der Waals surface area contributed by atoms with Crippen molar-refractivity contribution in [3.63, 3.8) is 0 Å². The SMILES string of the molecule is C1=Cc2c(c3ccccc3n2-c2cccc(-c3cccc(-c4cccc(-c5ccccc5)c4)n3)n2)CN1.I. The summed E-state index contributed by atoms with van der Waals surface area (Å²) in [5.41, 5.74) is 9.72. The molecule has 0 bridgehead atoms. The Hall–Kier alpha value is -4.23. The number of halogens is 1. The predicted molar refractivity (Wildman–Crippen MR) is 166 cm³/mol. The minimum Gasteiger partial charge on any atom is -0.387 e. The molecule has 3 aromatic carbocycles. The maximum Gasteiger partial charge on any atom is 0.138 e. The molecule has 3 aromatic heterocycles. The van der Waals surface area contributed by atoms with E-state index in [0.717, 1.165) is 40.5 Å². The molecule has 4 nitrogen and oxygen atoms in total. The average molecular weight is 604 g/mol. The molecular weight excluding hydrogens is 579 g/mol. The molecule has 7 rings (SSSR count). The van der Waals surface area contributed by atoms with E-state index in [2.05, 4.69) is 113 Å². The lowest BCUT2D eigenvalue weighted by molar-refractivity contribution is 0.852. The molecule has 1 N–H and O–H groups in total. The molecule has 0 fully saturated rings. The molecule has 0 unspecified atom stereocenters. The van der Waals surface area contributed by atoms with Crippen LogP contribution in [0.1, 0.15) is 11.3 Å². The first-order valence-corrected chi connectivity index (χ1v) is 12.5. The van der Waals surface area contributed by atoms with Gasteiger partial charge in [0.1, 0.15) is 5.82 Å². The lowest BCUT2D eigenvalue weighted by atomic mass is 10.0. The molecule has 1 aliphatic rings. The molecule has 184 valence electrons. The van der Waals surface area contributed by atoms with Crippen LogP contribution in [0.5, 0.6) is 0 Å². The molecule has 1 aliphatic heterocycles. The minimum absolute atomic E-state index is 0. The van der Waals surface area contributed by atoms with Gasteiger partial charge in [-0.1, -0.05) is 78.9 Å². The summed E-state index contributed by atoms with van der Waals surface area (Å²) in [5, 5.41) is 4.60. The highest BCUT2D eigenvalue weighted by molar-refractivity contribution is 14.0. The van der Waals surface area contributed by atoms with Crippen molar-refractivity contribution in [3.8, 4) is 39.6 Å². The van der Waals surface area contributed by atoms with Gasteiger partial charge in [-0.3, -0.25) is 4.57 Å². The highest BCUT2D eigenvalue weighted by atomic mass is 127. The van der Waals surface area contributed by atoms with Gasteiger partial charge in [-0.25, -0.2) is 9.97 Å². The van der Waals surface area contributed by atoms with E-state index < -0.39 is 0 Å². The molecule has 0 saturated heterocycles. The highest BCUT2D eigenvalue weighted by Gasteiger charge is 2.19. The van der Waals surface area contributed by atoms with Crippen molar-refractivity contribution < 1.29 is 0 Å². The van der Waals surface area contributed by atoms with Crippen molar-refractivity contribution in [2.75, 3.05) is 0 Å². The number of pyridine rings is 2. The van der Waals surface area contributed by atoms with Crippen LogP contribution in [0.15, 0.2) is 121 Å². The van der Waals surface area contributed by atoms with Crippen molar-refractivity contribution >= 4 is 41.0 Å². The Labute approximate surface area is 238 Å². The fourth-order valence-corrected chi connectivity index (χ4v) is 5.15. The third-order valence-corrected chi connectivity index (χ3v) is 6.90. The zero-order valence-corrected chi connectivity index (χ0v) is 22.9. The first-order chi connectivity index (χ1) is 18.3. The number of nitrogens with one attached hydrogen (secondary N) is 1. The number of hydrogen-bond donors (Lipinski definition) is 1.